The van der Waals surface area contributed by atoms with Crippen molar-refractivity contribution in [1.29, 1.82) is 0 Å². The molecule has 1 aliphatic heterocycles. The second-order valence-electron chi connectivity index (χ2n) is 7.86. The molecule has 0 unspecified atom stereocenters. The van der Waals surface area contributed by atoms with Gasteiger partial charge < -0.3 is 13.8 Å². The van der Waals surface area contributed by atoms with Gasteiger partial charge in [0.15, 0.2) is 11.5 Å². The van der Waals surface area contributed by atoms with Gasteiger partial charge in [-0.2, -0.15) is 0 Å². The molecule has 0 bridgehead atoms. The molecule has 2 aromatic heterocycles. The van der Waals surface area contributed by atoms with Crippen molar-refractivity contribution in [3.05, 3.63) is 47.2 Å². The van der Waals surface area contributed by atoms with Gasteiger partial charge in [-0.1, -0.05) is 32.3 Å². The van der Waals surface area contributed by atoms with Crippen LogP contribution in [0.2, 0.25) is 0 Å². The first kappa shape index (κ1) is 18.7. The molecule has 1 saturated heterocycles. The zero-order chi connectivity index (χ0) is 19.7. The number of hydrogen-bond donors (Lipinski definition) is 0. The Morgan fingerprint density at radius 2 is 2.18 bits per heavy atom. The van der Waals surface area contributed by atoms with Crippen LogP contribution in [0.4, 0.5) is 0 Å². The number of oxazole rings is 1. The van der Waals surface area contributed by atoms with E-state index in [-0.39, 0.29) is 17.9 Å². The number of likely N-dealkylation sites (tertiary alicyclic amines) is 1. The van der Waals surface area contributed by atoms with Crippen LogP contribution in [0, 0.1) is 0 Å². The number of carbonyl (C=O) groups excluding carboxylic acids is 1. The molecule has 1 aromatic carbocycles. The molecule has 0 N–H and O–H groups in total. The van der Waals surface area contributed by atoms with E-state index >= 15 is 0 Å². The Hall–Kier alpha value is -2.63. The number of aromatic nitrogens is 2. The quantitative estimate of drug-likeness (QED) is 0.582. The van der Waals surface area contributed by atoms with Gasteiger partial charge in [-0.25, -0.2) is 4.98 Å². The van der Waals surface area contributed by atoms with Crippen molar-refractivity contribution < 1.29 is 13.7 Å². The van der Waals surface area contributed by atoms with Crippen LogP contribution in [0.3, 0.4) is 0 Å². The van der Waals surface area contributed by atoms with Crippen LogP contribution >= 0.6 is 0 Å². The van der Waals surface area contributed by atoms with Gasteiger partial charge in [0.1, 0.15) is 17.0 Å². The average Bonchev–Trinajstić information content (AvgIpc) is 3.43. The molecule has 0 spiro atoms. The molecule has 1 atom stereocenters. The van der Waals surface area contributed by atoms with Gasteiger partial charge >= 0.3 is 0 Å². The smallest absolute Gasteiger partial charge is 0.254 e. The fraction of sp³-hybridized carbons (Fsp3) is 0.500. The maximum Gasteiger partial charge on any atom is 0.254 e. The number of nitrogens with zero attached hydrogens (tertiary/aromatic N) is 3. The Morgan fingerprint density at radius 3 is 2.93 bits per heavy atom. The van der Waals surface area contributed by atoms with Crippen molar-refractivity contribution in [2.24, 2.45) is 0 Å². The monoisotopic (exact) mass is 381 g/mol. The largest absolute Gasteiger partial charge is 0.441 e. The lowest BCUT2D eigenvalue weighted by molar-refractivity contribution is 0.0731. The number of rotatable bonds is 6. The first-order valence-electron chi connectivity index (χ1n) is 10.2. The maximum absolute atomic E-state index is 13.2. The minimum atomic E-state index is -0.0307. The van der Waals surface area contributed by atoms with Gasteiger partial charge in [-0.3, -0.25) is 4.79 Å². The van der Waals surface area contributed by atoms with Gasteiger partial charge in [0.2, 0.25) is 0 Å². The highest BCUT2D eigenvalue weighted by Gasteiger charge is 2.33. The SMILES string of the molecule is CCCCc1nc2cc(C(=O)N3CCC[C@H]3c3cc(C(C)C)on3)ccc2o1. The van der Waals surface area contributed by atoms with Gasteiger partial charge in [-0.15, -0.1) is 0 Å². The Kier molecular flexibility index (Phi) is 5.20. The molecule has 3 aromatic rings. The standard InChI is InChI=1S/C22H27N3O3/c1-4-5-8-21-23-17-12-15(9-10-19(17)27-21)22(26)25-11-6-7-18(25)16-13-20(14(2)3)28-24-16/h9-10,12-14,18H,4-8,11H2,1-3H3/t18-/m0/s1. The highest BCUT2D eigenvalue weighted by atomic mass is 16.5. The summed E-state index contributed by atoms with van der Waals surface area (Å²) in [5.74, 6) is 1.89. The summed E-state index contributed by atoms with van der Waals surface area (Å²) in [5.41, 5.74) is 2.97. The van der Waals surface area contributed by atoms with Gasteiger partial charge in [0, 0.05) is 30.5 Å². The van der Waals surface area contributed by atoms with Crippen LogP contribution in [-0.2, 0) is 6.42 Å². The Morgan fingerprint density at radius 1 is 1.32 bits per heavy atom. The van der Waals surface area contributed by atoms with E-state index in [9.17, 15) is 4.79 Å². The average molecular weight is 381 g/mol. The highest BCUT2D eigenvalue weighted by molar-refractivity contribution is 5.97. The Balaban J connectivity index is 1.56. The third-order valence-corrected chi connectivity index (χ3v) is 5.39. The molecule has 28 heavy (non-hydrogen) atoms. The lowest BCUT2D eigenvalue weighted by atomic mass is 10.1. The van der Waals surface area contributed by atoms with Crippen LogP contribution in [-0.4, -0.2) is 27.5 Å². The lowest BCUT2D eigenvalue weighted by Gasteiger charge is -2.23. The predicted octanol–water partition coefficient (Wildman–Crippen LogP) is 5.26. The van der Waals surface area contributed by atoms with E-state index in [0.717, 1.165) is 67.1 Å². The molecule has 6 nitrogen and oxygen atoms in total. The summed E-state index contributed by atoms with van der Waals surface area (Å²) in [4.78, 5) is 19.7. The second-order valence-corrected chi connectivity index (χ2v) is 7.86. The number of fused-ring (bicyclic) bond motifs is 1. The van der Waals surface area contributed by atoms with Crippen LogP contribution in [0.1, 0.15) is 86.1 Å². The minimum Gasteiger partial charge on any atom is -0.441 e. The summed E-state index contributed by atoms with van der Waals surface area (Å²) in [6, 6.07) is 7.48. The van der Waals surface area contributed by atoms with E-state index in [4.69, 9.17) is 8.94 Å². The third kappa shape index (κ3) is 3.55. The first-order valence-corrected chi connectivity index (χ1v) is 10.2. The van der Waals surface area contributed by atoms with E-state index in [1.807, 2.05) is 29.2 Å². The van der Waals surface area contributed by atoms with Gasteiger partial charge in [0.05, 0.1) is 6.04 Å². The predicted molar refractivity (Wildman–Crippen MR) is 106 cm³/mol. The lowest BCUT2D eigenvalue weighted by Crippen LogP contribution is -2.30. The molecular formula is C22H27N3O3. The van der Waals surface area contributed by atoms with E-state index in [2.05, 4.69) is 30.9 Å². The van der Waals surface area contributed by atoms with Crippen LogP contribution in [0.25, 0.3) is 11.1 Å². The van der Waals surface area contributed by atoms with Crippen molar-refractivity contribution in [2.45, 2.75) is 64.8 Å². The molecule has 1 aliphatic rings. The summed E-state index contributed by atoms with van der Waals surface area (Å²) in [6.07, 6.45) is 4.84. The highest BCUT2D eigenvalue weighted by Crippen LogP contribution is 2.34. The minimum absolute atomic E-state index is 0.0107. The van der Waals surface area contributed by atoms with Crippen molar-refractivity contribution >= 4 is 17.0 Å². The van der Waals surface area contributed by atoms with E-state index in [0.29, 0.717) is 5.56 Å². The molecule has 0 aliphatic carbocycles. The van der Waals surface area contributed by atoms with Crippen molar-refractivity contribution in [3.8, 4) is 0 Å². The number of carbonyl (C=O) groups is 1. The van der Waals surface area contributed by atoms with Crippen molar-refractivity contribution in [1.82, 2.24) is 15.0 Å². The topological polar surface area (TPSA) is 72.4 Å². The summed E-state index contributed by atoms with van der Waals surface area (Å²) in [5, 5.41) is 4.23. The third-order valence-electron chi connectivity index (χ3n) is 5.39. The summed E-state index contributed by atoms with van der Waals surface area (Å²) in [6.45, 7) is 7.02. The van der Waals surface area contributed by atoms with Gasteiger partial charge in [-0.05, 0) is 37.5 Å². The molecule has 1 amide bonds. The Bertz CT molecular complexity index is 972. The van der Waals surface area contributed by atoms with Crippen LogP contribution in [0.5, 0.6) is 0 Å². The number of amides is 1. The maximum atomic E-state index is 13.2. The zero-order valence-corrected chi connectivity index (χ0v) is 16.8. The summed E-state index contributed by atoms with van der Waals surface area (Å²) in [7, 11) is 0. The van der Waals surface area contributed by atoms with Crippen LogP contribution < -0.4 is 0 Å². The van der Waals surface area contributed by atoms with Crippen LogP contribution in [0.15, 0.2) is 33.2 Å². The van der Waals surface area contributed by atoms with Crippen molar-refractivity contribution in [2.75, 3.05) is 6.54 Å². The summed E-state index contributed by atoms with van der Waals surface area (Å²) >= 11 is 0. The normalized spacial score (nSPS) is 17.1. The van der Waals surface area contributed by atoms with Gasteiger partial charge in [0.25, 0.3) is 5.91 Å². The van der Waals surface area contributed by atoms with E-state index in [1.165, 1.54) is 0 Å². The molecule has 1 fully saturated rings. The second kappa shape index (κ2) is 7.78. The molecule has 4 rings (SSSR count). The zero-order valence-electron chi connectivity index (χ0n) is 16.8. The van der Waals surface area contributed by atoms with Crippen molar-refractivity contribution in [3.63, 3.8) is 0 Å². The molecule has 0 saturated carbocycles. The molecule has 148 valence electrons. The molecule has 0 radical (unpaired) electrons. The van der Waals surface area contributed by atoms with E-state index in [1.54, 1.807) is 0 Å². The van der Waals surface area contributed by atoms with E-state index < -0.39 is 0 Å². The Labute approximate surface area is 164 Å². The first-order chi connectivity index (χ1) is 13.6. The summed E-state index contributed by atoms with van der Waals surface area (Å²) < 4.78 is 11.2. The number of unbranched alkanes of at least 4 members (excludes halogenated alkanes) is 1. The fourth-order valence-electron chi connectivity index (χ4n) is 3.76. The molecular weight excluding hydrogens is 354 g/mol. The molecule has 3 heterocycles. The molecule has 6 heteroatoms. The fourth-order valence-corrected chi connectivity index (χ4v) is 3.76. The number of aryl methyl sites for hydroxylation is 1. The number of benzene rings is 1. The number of hydrogen-bond acceptors (Lipinski definition) is 5.